The summed E-state index contributed by atoms with van der Waals surface area (Å²) in [5.74, 6) is 0.532. The molecule has 0 radical (unpaired) electrons. The molecule has 1 fully saturated rings. The molecule has 2 aliphatic rings. The van der Waals surface area contributed by atoms with Crippen molar-refractivity contribution < 1.29 is 15.3 Å². The average Bonchev–Trinajstić information content (AvgIpc) is 2.84. The summed E-state index contributed by atoms with van der Waals surface area (Å²) in [6.07, 6.45) is -0.628. The van der Waals surface area contributed by atoms with Crippen LogP contribution in [0.4, 0.5) is 0 Å². The van der Waals surface area contributed by atoms with Crippen LogP contribution in [0.1, 0.15) is 18.1 Å². The van der Waals surface area contributed by atoms with Crippen LogP contribution < -0.4 is 0 Å². The summed E-state index contributed by atoms with van der Waals surface area (Å²) in [5, 5.41) is 29.5. The summed E-state index contributed by atoms with van der Waals surface area (Å²) in [6.45, 7) is 3.21. The Hall–Kier alpha value is -0.940. The number of nitrogens with zero attached hydrogens (tertiary/aromatic N) is 1. The van der Waals surface area contributed by atoms with E-state index in [2.05, 4.69) is 29.2 Å². The standard InChI is InChI=1S/C16H23NO3/c1-10-15(19)16(20)14(18)9-17(10)8-11-6-12-4-2-3-5-13(12)7-11/h2-5,10-11,14-16,18-20H,6-9H2,1H3/t10-,14+,15-,16-/m1/s1. The minimum absolute atomic E-state index is 0.114. The SMILES string of the molecule is C[C@@H]1[C@@H](O)[C@H](O)[C@@H](O)CN1CC1Cc2ccccc2C1. The second-order valence-electron chi connectivity index (χ2n) is 6.29. The fourth-order valence-electron chi connectivity index (χ4n) is 3.59. The molecule has 0 unspecified atom stereocenters. The van der Waals surface area contributed by atoms with E-state index in [4.69, 9.17) is 0 Å². The first-order valence-corrected chi connectivity index (χ1v) is 7.41. The second-order valence-corrected chi connectivity index (χ2v) is 6.29. The van der Waals surface area contributed by atoms with Crippen molar-refractivity contribution in [3.63, 3.8) is 0 Å². The number of rotatable bonds is 2. The molecule has 1 aliphatic heterocycles. The molecule has 3 N–H and O–H groups in total. The van der Waals surface area contributed by atoms with E-state index < -0.39 is 18.3 Å². The lowest BCUT2D eigenvalue weighted by molar-refractivity contribution is -0.135. The molecule has 0 bridgehead atoms. The first-order chi connectivity index (χ1) is 9.56. The van der Waals surface area contributed by atoms with Gasteiger partial charge in [0.15, 0.2) is 0 Å². The summed E-state index contributed by atoms with van der Waals surface area (Å²) in [7, 11) is 0. The quantitative estimate of drug-likeness (QED) is 0.722. The van der Waals surface area contributed by atoms with Crippen molar-refractivity contribution in [1.82, 2.24) is 4.90 Å². The predicted octanol–water partition coefficient (Wildman–Crippen LogP) is 0.188. The zero-order valence-electron chi connectivity index (χ0n) is 11.8. The third-order valence-corrected chi connectivity index (χ3v) is 4.86. The van der Waals surface area contributed by atoms with E-state index in [0.29, 0.717) is 12.5 Å². The monoisotopic (exact) mass is 277 g/mol. The predicted molar refractivity (Wildman–Crippen MR) is 76.4 cm³/mol. The number of likely N-dealkylation sites (tertiary alicyclic amines) is 1. The smallest absolute Gasteiger partial charge is 0.108 e. The number of β-amino-alcohol motifs (C(OH)–C–C–N with tert-alkyl or cyclic N) is 1. The maximum atomic E-state index is 9.98. The molecule has 3 rings (SSSR count). The molecule has 1 saturated heterocycles. The van der Waals surface area contributed by atoms with Crippen LogP contribution in [0.2, 0.25) is 0 Å². The average molecular weight is 277 g/mol. The van der Waals surface area contributed by atoms with Crippen molar-refractivity contribution in [2.75, 3.05) is 13.1 Å². The zero-order chi connectivity index (χ0) is 14.3. The Morgan fingerprint density at radius 3 is 2.25 bits per heavy atom. The van der Waals surface area contributed by atoms with Gasteiger partial charge in [0.25, 0.3) is 0 Å². The number of fused-ring (bicyclic) bond motifs is 1. The summed E-state index contributed by atoms with van der Waals surface area (Å²) in [6, 6.07) is 8.41. The van der Waals surface area contributed by atoms with Crippen LogP contribution in [0.5, 0.6) is 0 Å². The Kier molecular flexibility index (Phi) is 3.82. The van der Waals surface area contributed by atoms with Gasteiger partial charge in [-0.05, 0) is 36.8 Å². The second kappa shape index (κ2) is 5.45. The molecule has 0 aromatic heterocycles. The molecule has 20 heavy (non-hydrogen) atoms. The molecule has 1 aromatic rings. The van der Waals surface area contributed by atoms with E-state index in [-0.39, 0.29) is 6.04 Å². The molecule has 1 heterocycles. The zero-order valence-corrected chi connectivity index (χ0v) is 11.8. The molecule has 0 saturated carbocycles. The van der Waals surface area contributed by atoms with Crippen LogP contribution in [0.25, 0.3) is 0 Å². The lowest BCUT2D eigenvalue weighted by atomic mass is 9.93. The summed E-state index contributed by atoms with van der Waals surface area (Å²) < 4.78 is 0. The highest BCUT2D eigenvalue weighted by Crippen LogP contribution is 2.29. The van der Waals surface area contributed by atoms with Gasteiger partial charge in [-0.15, -0.1) is 0 Å². The molecule has 1 aromatic carbocycles. The number of hydrogen-bond donors (Lipinski definition) is 3. The Morgan fingerprint density at radius 1 is 1.05 bits per heavy atom. The highest BCUT2D eigenvalue weighted by Gasteiger charge is 2.39. The van der Waals surface area contributed by atoms with E-state index >= 15 is 0 Å². The number of piperidine rings is 1. The molecule has 0 spiro atoms. The lowest BCUT2D eigenvalue weighted by Gasteiger charge is -2.43. The number of aliphatic hydroxyl groups excluding tert-OH is 3. The minimum atomic E-state index is -1.03. The van der Waals surface area contributed by atoms with Gasteiger partial charge in [-0.1, -0.05) is 24.3 Å². The lowest BCUT2D eigenvalue weighted by Crippen LogP contribution is -2.60. The largest absolute Gasteiger partial charge is 0.389 e. The number of hydrogen-bond acceptors (Lipinski definition) is 4. The molecule has 110 valence electrons. The van der Waals surface area contributed by atoms with Gasteiger partial charge in [-0.3, -0.25) is 4.90 Å². The van der Waals surface area contributed by atoms with Gasteiger partial charge in [-0.2, -0.15) is 0 Å². The fraction of sp³-hybridized carbons (Fsp3) is 0.625. The Morgan fingerprint density at radius 2 is 1.65 bits per heavy atom. The van der Waals surface area contributed by atoms with E-state index in [9.17, 15) is 15.3 Å². The van der Waals surface area contributed by atoms with Crippen molar-refractivity contribution in [3.05, 3.63) is 35.4 Å². The first kappa shape index (κ1) is 14.0. The van der Waals surface area contributed by atoms with E-state index in [0.717, 1.165) is 19.4 Å². The third kappa shape index (κ3) is 2.49. The highest BCUT2D eigenvalue weighted by molar-refractivity contribution is 5.32. The summed E-state index contributed by atoms with van der Waals surface area (Å²) >= 11 is 0. The summed E-state index contributed by atoms with van der Waals surface area (Å²) in [5.41, 5.74) is 2.84. The number of aliphatic hydroxyl groups is 3. The third-order valence-electron chi connectivity index (χ3n) is 4.86. The topological polar surface area (TPSA) is 63.9 Å². The van der Waals surface area contributed by atoms with Gasteiger partial charge in [0.1, 0.15) is 6.10 Å². The molecule has 0 amide bonds. The summed E-state index contributed by atoms with van der Waals surface area (Å²) in [4.78, 5) is 2.11. The van der Waals surface area contributed by atoms with Crippen LogP contribution >= 0.6 is 0 Å². The van der Waals surface area contributed by atoms with Crippen LogP contribution in [0.15, 0.2) is 24.3 Å². The molecule has 4 atom stereocenters. The van der Waals surface area contributed by atoms with Crippen LogP contribution in [0, 0.1) is 5.92 Å². The molecule has 4 nitrogen and oxygen atoms in total. The van der Waals surface area contributed by atoms with Gasteiger partial charge in [0, 0.05) is 19.1 Å². The normalized spacial score (nSPS) is 35.2. The van der Waals surface area contributed by atoms with Gasteiger partial charge >= 0.3 is 0 Å². The van der Waals surface area contributed by atoms with Crippen LogP contribution in [-0.2, 0) is 12.8 Å². The molecular weight excluding hydrogens is 254 g/mol. The Labute approximate surface area is 119 Å². The van der Waals surface area contributed by atoms with Crippen molar-refractivity contribution in [2.45, 2.75) is 44.1 Å². The van der Waals surface area contributed by atoms with E-state index in [1.165, 1.54) is 11.1 Å². The molecule has 1 aliphatic carbocycles. The van der Waals surface area contributed by atoms with Crippen molar-refractivity contribution in [2.24, 2.45) is 5.92 Å². The van der Waals surface area contributed by atoms with Crippen molar-refractivity contribution in [3.8, 4) is 0 Å². The minimum Gasteiger partial charge on any atom is -0.389 e. The maximum Gasteiger partial charge on any atom is 0.108 e. The van der Waals surface area contributed by atoms with E-state index in [1.807, 2.05) is 6.92 Å². The number of benzene rings is 1. The van der Waals surface area contributed by atoms with Gasteiger partial charge in [-0.25, -0.2) is 0 Å². The van der Waals surface area contributed by atoms with Crippen LogP contribution in [0.3, 0.4) is 0 Å². The highest BCUT2D eigenvalue weighted by atomic mass is 16.4. The first-order valence-electron chi connectivity index (χ1n) is 7.41. The van der Waals surface area contributed by atoms with Crippen molar-refractivity contribution >= 4 is 0 Å². The van der Waals surface area contributed by atoms with Crippen molar-refractivity contribution in [1.29, 1.82) is 0 Å². The van der Waals surface area contributed by atoms with Gasteiger partial charge in [0.05, 0.1) is 12.2 Å². The molecular formula is C16H23NO3. The Bertz CT molecular complexity index is 454. The molecule has 4 heteroatoms. The van der Waals surface area contributed by atoms with E-state index in [1.54, 1.807) is 0 Å². The van der Waals surface area contributed by atoms with Crippen LogP contribution in [-0.4, -0.2) is 57.7 Å². The van der Waals surface area contributed by atoms with Gasteiger partial charge in [0.2, 0.25) is 0 Å². The fourth-order valence-corrected chi connectivity index (χ4v) is 3.59. The maximum absolute atomic E-state index is 9.98. The Balaban J connectivity index is 1.65. The van der Waals surface area contributed by atoms with Gasteiger partial charge < -0.3 is 15.3 Å².